The molecule has 3 amide bonds. The summed E-state index contributed by atoms with van der Waals surface area (Å²) in [7, 11) is 3.58. The fourth-order valence-corrected chi connectivity index (χ4v) is 4.75. The fraction of sp³-hybridized carbons (Fsp3) is 0.455. The van der Waals surface area contributed by atoms with Crippen molar-refractivity contribution in [2.75, 3.05) is 33.7 Å². The van der Waals surface area contributed by atoms with Gasteiger partial charge in [-0.2, -0.15) is 0 Å². The number of hydrogen-bond donors (Lipinski definition) is 0. The van der Waals surface area contributed by atoms with Crippen molar-refractivity contribution in [3.05, 3.63) is 59.2 Å². The van der Waals surface area contributed by atoms with Gasteiger partial charge in [-0.1, -0.05) is 24.3 Å². The number of fused-ring (bicyclic) bond motifs is 1. The molecule has 1 aromatic carbocycles. The largest absolute Gasteiger partial charge is 0.338 e. The van der Waals surface area contributed by atoms with Gasteiger partial charge in [-0.15, -0.1) is 0 Å². The Morgan fingerprint density at radius 1 is 1.10 bits per heavy atom. The van der Waals surface area contributed by atoms with Crippen LogP contribution in [0.15, 0.2) is 36.8 Å². The molecule has 7 nitrogen and oxygen atoms in total. The average molecular weight is 393 g/mol. The van der Waals surface area contributed by atoms with Gasteiger partial charge < -0.3 is 14.7 Å². The number of aromatic nitrogens is 2. The molecule has 2 fully saturated rings. The highest BCUT2D eigenvalue weighted by atomic mass is 16.2. The lowest BCUT2D eigenvalue weighted by Crippen LogP contribution is -2.42. The summed E-state index contributed by atoms with van der Waals surface area (Å²) in [5.41, 5.74) is 3.60. The van der Waals surface area contributed by atoms with Crippen molar-refractivity contribution in [2.24, 2.45) is 11.8 Å². The lowest BCUT2D eigenvalue weighted by molar-refractivity contribution is 0.0765. The Labute approximate surface area is 171 Å². The van der Waals surface area contributed by atoms with Crippen LogP contribution in [0.1, 0.15) is 33.2 Å². The Morgan fingerprint density at radius 3 is 2.55 bits per heavy atom. The highest BCUT2D eigenvalue weighted by Gasteiger charge is 2.50. The standard InChI is InChI=1S/C22H27N5O2/c1-14-7-5-6-8-17(14)20-19-12-26(21(28)18-9-23-13-24-15(18)2)10-16(19)11-27(20)22(29)25(3)4/h5-9,13,16,19-20H,10-12H2,1-4H3/t16-,19-,20+/m1/s1. The first-order valence-corrected chi connectivity index (χ1v) is 9.97. The third-order valence-electron chi connectivity index (χ3n) is 6.23. The maximum absolute atomic E-state index is 13.1. The topological polar surface area (TPSA) is 69.6 Å². The molecule has 3 heterocycles. The van der Waals surface area contributed by atoms with Crippen molar-refractivity contribution >= 4 is 11.9 Å². The first kappa shape index (κ1) is 19.4. The molecule has 0 spiro atoms. The van der Waals surface area contributed by atoms with E-state index in [0.717, 1.165) is 0 Å². The summed E-state index contributed by atoms with van der Waals surface area (Å²) in [6.07, 6.45) is 3.06. The monoisotopic (exact) mass is 393 g/mol. The van der Waals surface area contributed by atoms with Gasteiger partial charge in [-0.3, -0.25) is 4.79 Å². The molecular formula is C22H27N5O2. The number of carbonyl (C=O) groups is 2. The van der Waals surface area contributed by atoms with Gasteiger partial charge in [-0.25, -0.2) is 14.8 Å². The molecule has 1 aromatic heterocycles. The van der Waals surface area contributed by atoms with Crippen LogP contribution >= 0.6 is 0 Å². The first-order valence-electron chi connectivity index (χ1n) is 9.97. The molecule has 0 aliphatic carbocycles. The summed E-state index contributed by atoms with van der Waals surface area (Å²) in [4.78, 5) is 39.7. The number of benzene rings is 1. The maximum Gasteiger partial charge on any atom is 0.320 e. The molecule has 2 saturated heterocycles. The highest BCUT2D eigenvalue weighted by Crippen LogP contribution is 2.46. The van der Waals surface area contributed by atoms with Gasteiger partial charge in [-0.05, 0) is 25.0 Å². The Balaban J connectivity index is 1.64. The summed E-state index contributed by atoms with van der Waals surface area (Å²) < 4.78 is 0. The van der Waals surface area contributed by atoms with Gasteiger partial charge >= 0.3 is 6.03 Å². The molecule has 0 N–H and O–H groups in total. The van der Waals surface area contributed by atoms with Crippen molar-refractivity contribution in [1.29, 1.82) is 0 Å². The molecule has 7 heteroatoms. The predicted molar refractivity (Wildman–Crippen MR) is 109 cm³/mol. The quantitative estimate of drug-likeness (QED) is 0.786. The third-order valence-corrected chi connectivity index (χ3v) is 6.23. The van der Waals surface area contributed by atoms with Crippen LogP contribution in [-0.2, 0) is 0 Å². The number of likely N-dealkylation sites (tertiary alicyclic amines) is 2. The van der Waals surface area contributed by atoms with Gasteiger partial charge in [0.1, 0.15) is 6.33 Å². The van der Waals surface area contributed by atoms with E-state index in [4.69, 9.17) is 0 Å². The van der Waals surface area contributed by atoms with E-state index >= 15 is 0 Å². The van der Waals surface area contributed by atoms with E-state index in [9.17, 15) is 9.59 Å². The molecule has 152 valence electrons. The van der Waals surface area contributed by atoms with E-state index in [2.05, 4.69) is 29.0 Å². The molecule has 29 heavy (non-hydrogen) atoms. The molecular weight excluding hydrogens is 366 g/mol. The van der Waals surface area contributed by atoms with Gasteiger partial charge in [0.05, 0.1) is 17.3 Å². The predicted octanol–water partition coefficient (Wildman–Crippen LogP) is 2.52. The van der Waals surface area contributed by atoms with Crippen LogP contribution in [-0.4, -0.2) is 70.3 Å². The second-order valence-corrected chi connectivity index (χ2v) is 8.29. The number of rotatable bonds is 2. The Hall–Kier alpha value is -2.96. The van der Waals surface area contributed by atoms with Gasteiger partial charge in [0.15, 0.2) is 0 Å². The minimum atomic E-state index is -0.0259. The second-order valence-electron chi connectivity index (χ2n) is 8.29. The van der Waals surface area contributed by atoms with Crippen LogP contribution in [0.3, 0.4) is 0 Å². The fourth-order valence-electron chi connectivity index (χ4n) is 4.75. The summed E-state index contributed by atoms with van der Waals surface area (Å²) in [6.45, 7) is 5.86. The lowest BCUT2D eigenvalue weighted by Gasteiger charge is -2.32. The molecule has 0 bridgehead atoms. The minimum absolute atomic E-state index is 0.0217. The maximum atomic E-state index is 13.1. The number of carbonyl (C=O) groups excluding carboxylic acids is 2. The minimum Gasteiger partial charge on any atom is -0.338 e. The van der Waals surface area contributed by atoms with Crippen molar-refractivity contribution in [2.45, 2.75) is 19.9 Å². The summed E-state index contributed by atoms with van der Waals surface area (Å²) in [6, 6.07) is 8.24. The van der Waals surface area contributed by atoms with E-state index in [-0.39, 0.29) is 29.8 Å². The second kappa shape index (κ2) is 7.46. The SMILES string of the molecule is Cc1ccccc1[C@H]1[C@@H]2CN(C(=O)c3cncnc3C)C[C@@H]2CN1C(=O)N(C)C. The Bertz CT molecular complexity index is 944. The normalized spacial score (nSPS) is 23.2. The smallest absolute Gasteiger partial charge is 0.320 e. The summed E-state index contributed by atoms with van der Waals surface area (Å²) in [5.74, 6) is 0.456. The van der Waals surface area contributed by atoms with Crippen molar-refractivity contribution < 1.29 is 9.59 Å². The zero-order chi connectivity index (χ0) is 20.7. The zero-order valence-electron chi connectivity index (χ0n) is 17.4. The number of urea groups is 1. The number of aryl methyl sites for hydroxylation is 2. The Morgan fingerprint density at radius 2 is 1.86 bits per heavy atom. The van der Waals surface area contributed by atoms with Crippen molar-refractivity contribution in [1.82, 2.24) is 24.7 Å². The average Bonchev–Trinajstić information content (AvgIpc) is 3.26. The van der Waals surface area contributed by atoms with E-state index < -0.39 is 0 Å². The van der Waals surface area contributed by atoms with E-state index in [1.807, 2.05) is 28.9 Å². The van der Waals surface area contributed by atoms with Crippen LogP contribution < -0.4 is 0 Å². The third kappa shape index (κ3) is 3.34. The van der Waals surface area contributed by atoms with E-state index in [0.29, 0.717) is 30.9 Å². The first-order chi connectivity index (χ1) is 13.9. The van der Waals surface area contributed by atoms with Gasteiger partial charge in [0.2, 0.25) is 0 Å². The summed E-state index contributed by atoms with van der Waals surface area (Å²) >= 11 is 0. The molecule has 3 atom stereocenters. The van der Waals surface area contributed by atoms with Crippen LogP contribution in [0.2, 0.25) is 0 Å². The molecule has 2 aromatic rings. The number of hydrogen-bond acceptors (Lipinski definition) is 4. The van der Waals surface area contributed by atoms with Crippen LogP contribution in [0.4, 0.5) is 4.79 Å². The van der Waals surface area contributed by atoms with Crippen molar-refractivity contribution in [3.63, 3.8) is 0 Å². The van der Waals surface area contributed by atoms with E-state index in [1.54, 1.807) is 25.2 Å². The molecule has 0 unspecified atom stereocenters. The summed E-state index contributed by atoms with van der Waals surface area (Å²) in [5, 5.41) is 0. The molecule has 2 aliphatic heterocycles. The molecule has 4 rings (SSSR count). The highest BCUT2D eigenvalue weighted by molar-refractivity contribution is 5.95. The number of amides is 3. The molecule has 2 aliphatic rings. The van der Waals surface area contributed by atoms with E-state index in [1.165, 1.54) is 17.5 Å². The molecule has 0 saturated carbocycles. The number of nitrogens with zero attached hydrogens (tertiary/aromatic N) is 5. The van der Waals surface area contributed by atoms with Crippen LogP contribution in [0.5, 0.6) is 0 Å². The lowest BCUT2D eigenvalue weighted by atomic mass is 9.88. The molecule has 0 radical (unpaired) electrons. The van der Waals surface area contributed by atoms with Crippen molar-refractivity contribution in [3.8, 4) is 0 Å². The van der Waals surface area contributed by atoms with Gasteiger partial charge in [0.25, 0.3) is 5.91 Å². The Kier molecular flexibility index (Phi) is 4.98. The zero-order valence-corrected chi connectivity index (χ0v) is 17.4. The van der Waals surface area contributed by atoms with Crippen LogP contribution in [0, 0.1) is 25.7 Å². The van der Waals surface area contributed by atoms with Gasteiger partial charge in [0, 0.05) is 51.8 Å². The van der Waals surface area contributed by atoms with Crippen LogP contribution in [0.25, 0.3) is 0 Å².